The third-order valence-corrected chi connectivity index (χ3v) is 2.07. The predicted octanol–water partition coefficient (Wildman–Crippen LogP) is 2.23. The first-order valence-corrected chi connectivity index (χ1v) is 4.82. The molecule has 0 aliphatic carbocycles. The van der Waals surface area contributed by atoms with Crippen LogP contribution in [-0.4, -0.2) is 23.6 Å². The minimum Gasteiger partial charge on any atom is -0.491 e. The van der Waals surface area contributed by atoms with Gasteiger partial charge in [0.1, 0.15) is 24.1 Å². The topological polar surface area (TPSA) is 72.0 Å². The van der Waals surface area contributed by atoms with Gasteiger partial charge in [-0.1, -0.05) is 11.6 Å². The van der Waals surface area contributed by atoms with E-state index >= 15 is 0 Å². The van der Waals surface area contributed by atoms with Gasteiger partial charge in [0.15, 0.2) is 0 Å². The van der Waals surface area contributed by atoms with Crippen molar-refractivity contribution in [2.24, 2.45) is 11.7 Å². The molecule has 17 heavy (non-hydrogen) atoms. The summed E-state index contributed by atoms with van der Waals surface area (Å²) in [6.07, 6.45) is -2.07. The Kier molecular flexibility index (Phi) is 4.17. The van der Waals surface area contributed by atoms with Crippen LogP contribution < -0.4 is 10.5 Å². The van der Waals surface area contributed by atoms with Crippen molar-refractivity contribution in [3.05, 3.63) is 23.5 Å². The van der Waals surface area contributed by atoms with Gasteiger partial charge in [-0.2, -0.15) is 13.2 Å². The maximum Gasteiger partial charge on any atom is 0.401 e. The molecular formula is C9H9ClF3N3O. The summed E-state index contributed by atoms with van der Waals surface area (Å²) < 4.78 is 42.1. The van der Waals surface area contributed by atoms with Crippen molar-refractivity contribution in [1.29, 1.82) is 5.41 Å². The van der Waals surface area contributed by atoms with Crippen LogP contribution >= 0.6 is 11.6 Å². The summed E-state index contributed by atoms with van der Waals surface area (Å²) in [7, 11) is 0. The first kappa shape index (κ1) is 13.6. The van der Waals surface area contributed by atoms with Crippen molar-refractivity contribution in [2.45, 2.75) is 6.18 Å². The minimum atomic E-state index is -4.61. The van der Waals surface area contributed by atoms with Crippen LogP contribution in [0.1, 0.15) is 0 Å². The number of alkyl halides is 3. The second kappa shape index (κ2) is 5.22. The lowest BCUT2D eigenvalue weighted by atomic mass is 10.1. The van der Waals surface area contributed by atoms with Crippen molar-refractivity contribution in [3.63, 3.8) is 0 Å². The maximum absolute atomic E-state index is 12.4. The minimum absolute atomic E-state index is 0.0907. The number of pyridine rings is 1. The van der Waals surface area contributed by atoms with Gasteiger partial charge < -0.3 is 10.5 Å². The number of nitrogens with two attached hydrogens (primary N) is 1. The molecule has 0 fully saturated rings. The maximum atomic E-state index is 12.4. The summed E-state index contributed by atoms with van der Waals surface area (Å²) in [5, 5.41) is 7.10. The highest BCUT2D eigenvalue weighted by Crippen LogP contribution is 2.27. The molecule has 0 amide bonds. The Morgan fingerprint density at radius 2 is 2.18 bits per heavy atom. The van der Waals surface area contributed by atoms with E-state index in [9.17, 15) is 13.2 Å². The Bertz CT molecular complexity index is 411. The number of nitrogens with one attached hydrogen (secondary N) is 1. The van der Waals surface area contributed by atoms with Gasteiger partial charge in [0.05, 0.1) is 11.2 Å². The smallest absolute Gasteiger partial charge is 0.401 e. The lowest BCUT2D eigenvalue weighted by Crippen LogP contribution is -2.39. The van der Waals surface area contributed by atoms with E-state index < -0.39 is 24.5 Å². The van der Waals surface area contributed by atoms with Gasteiger partial charge in [-0.05, 0) is 0 Å². The Morgan fingerprint density at radius 3 is 2.65 bits per heavy atom. The summed E-state index contributed by atoms with van der Waals surface area (Å²) in [4.78, 5) is 3.65. The molecule has 3 N–H and O–H groups in total. The van der Waals surface area contributed by atoms with Gasteiger partial charge in [-0.15, -0.1) is 0 Å². The molecule has 0 radical (unpaired) electrons. The molecule has 0 saturated heterocycles. The molecule has 94 valence electrons. The molecule has 0 spiro atoms. The van der Waals surface area contributed by atoms with Gasteiger partial charge in [-0.3, -0.25) is 10.4 Å². The summed E-state index contributed by atoms with van der Waals surface area (Å²) >= 11 is 5.58. The molecule has 8 heteroatoms. The van der Waals surface area contributed by atoms with Crippen molar-refractivity contribution in [1.82, 2.24) is 4.98 Å². The number of hydrogen-bond donors (Lipinski definition) is 2. The van der Waals surface area contributed by atoms with Crippen molar-refractivity contribution in [2.75, 3.05) is 6.61 Å². The Balaban J connectivity index is 2.68. The number of hydrogen-bond acceptors (Lipinski definition) is 3. The Labute approximate surface area is 100 Å². The fraction of sp³-hybridized carbons (Fsp3) is 0.333. The van der Waals surface area contributed by atoms with Gasteiger partial charge in [0.2, 0.25) is 0 Å². The summed E-state index contributed by atoms with van der Waals surface area (Å²) in [6, 6.07) is 1.32. The van der Waals surface area contributed by atoms with Gasteiger partial charge in [0.25, 0.3) is 0 Å². The lowest BCUT2D eigenvalue weighted by molar-refractivity contribution is -0.162. The van der Waals surface area contributed by atoms with E-state index in [1.807, 2.05) is 0 Å². The molecule has 0 saturated carbocycles. The van der Waals surface area contributed by atoms with E-state index in [1.54, 1.807) is 0 Å². The van der Waals surface area contributed by atoms with E-state index in [0.717, 1.165) is 0 Å². The van der Waals surface area contributed by atoms with Crippen LogP contribution in [0.4, 0.5) is 13.2 Å². The molecule has 1 unspecified atom stereocenters. The van der Waals surface area contributed by atoms with E-state index in [2.05, 4.69) is 4.98 Å². The number of amidine groups is 1. The molecule has 1 aromatic rings. The van der Waals surface area contributed by atoms with E-state index in [0.29, 0.717) is 0 Å². The molecule has 0 aliphatic rings. The lowest BCUT2D eigenvalue weighted by Gasteiger charge is -2.19. The molecular weight excluding hydrogens is 259 g/mol. The van der Waals surface area contributed by atoms with Crippen molar-refractivity contribution >= 4 is 17.4 Å². The second-order valence-electron chi connectivity index (χ2n) is 3.20. The average molecular weight is 268 g/mol. The van der Waals surface area contributed by atoms with Gasteiger partial charge in [0, 0.05) is 12.3 Å². The number of nitrogens with zero attached hydrogens (tertiary/aromatic N) is 1. The molecule has 0 bridgehead atoms. The summed E-state index contributed by atoms with van der Waals surface area (Å²) in [6.45, 7) is -0.777. The van der Waals surface area contributed by atoms with Crippen LogP contribution in [0, 0.1) is 11.3 Å². The second-order valence-corrected chi connectivity index (χ2v) is 3.64. The fourth-order valence-electron chi connectivity index (χ4n) is 1.01. The monoisotopic (exact) mass is 267 g/mol. The number of halogens is 4. The van der Waals surface area contributed by atoms with Gasteiger partial charge >= 0.3 is 6.18 Å². The van der Waals surface area contributed by atoms with E-state index in [4.69, 9.17) is 27.5 Å². The molecule has 1 atom stereocenters. The number of rotatable bonds is 4. The molecule has 1 rings (SSSR count). The zero-order valence-corrected chi connectivity index (χ0v) is 9.22. The zero-order valence-electron chi connectivity index (χ0n) is 8.46. The number of ether oxygens (including phenoxy) is 1. The average Bonchev–Trinajstić information content (AvgIpc) is 2.15. The molecule has 0 aromatic carbocycles. The first-order valence-electron chi connectivity index (χ1n) is 4.44. The summed E-state index contributed by atoms with van der Waals surface area (Å²) in [5.41, 5.74) is 4.86. The quantitative estimate of drug-likeness (QED) is 0.649. The molecule has 4 nitrogen and oxygen atoms in total. The third-order valence-electron chi connectivity index (χ3n) is 1.87. The highest BCUT2D eigenvalue weighted by atomic mass is 35.5. The Hall–Kier alpha value is -1.50. The first-order chi connectivity index (χ1) is 7.80. The highest BCUT2D eigenvalue weighted by molar-refractivity contribution is 6.30. The largest absolute Gasteiger partial charge is 0.491 e. The molecule has 0 aliphatic heterocycles. The van der Waals surface area contributed by atoms with Gasteiger partial charge in [-0.25, -0.2) is 0 Å². The Morgan fingerprint density at radius 1 is 1.53 bits per heavy atom. The summed E-state index contributed by atoms with van der Waals surface area (Å²) in [5.74, 6) is -3.04. The van der Waals surface area contributed by atoms with E-state index in [-0.39, 0.29) is 10.8 Å². The van der Waals surface area contributed by atoms with Crippen LogP contribution in [0.25, 0.3) is 0 Å². The fourth-order valence-corrected chi connectivity index (χ4v) is 1.18. The van der Waals surface area contributed by atoms with Crippen molar-refractivity contribution in [3.8, 4) is 5.75 Å². The van der Waals surface area contributed by atoms with Crippen molar-refractivity contribution < 1.29 is 17.9 Å². The predicted molar refractivity (Wildman–Crippen MR) is 56.2 cm³/mol. The molecule has 1 heterocycles. The SMILES string of the molecule is N=C(N)C(COc1cncc(Cl)c1)C(F)(F)F. The zero-order chi connectivity index (χ0) is 13.1. The molecule has 1 aromatic heterocycles. The normalized spacial score (nSPS) is 13.2. The van der Waals surface area contributed by atoms with E-state index in [1.165, 1.54) is 18.5 Å². The van der Waals surface area contributed by atoms with Crippen LogP contribution in [-0.2, 0) is 0 Å². The van der Waals surface area contributed by atoms with Crippen LogP contribution in [0.2, 0.25) is 5.02 Å². The number of aromatic nitrogens is 1. The third kappa shape index (κ3) is 4.10. The van der Waals surface area contributed by atoms with Crippen LogP contribution in [0.5, 0.6) is 5.75 Å². The van der Waals surface area contributed by atoms with Crippen LogP contribution in [0.15, 0.2) is 18.5 Å². The highest BCUT2D eigenvalue weighted by Gasteiger charge is 2.42. The van der Waals surface area contributed by atoms with Crippen LogP contribution in [0.3, 0.4) is 0 Å². The standard InChI is InChI=1S/C9H9ClF3N3O/c10-5-1-6(3-16-2-5)17-4-7(8(14)15)9(11,12)13/h1-3,7H,4H2,(H3,14,15).